The van der Waals surface area contributed by atoms with Crippen molar-refractivity contribution >= 4 is 30.7 Å². The van der Waals surface area contributed by atoms with E-state index in [1.54, 1.807) is 0 Å². The number of hydrogen-bond acceptors (Lipinski definition) is 2. The summed E-state index contributed by atoms with van der Waals surface area (Å²) in [5.41, 5.74) is 2.83. The van der Waals surface area contributed by atoms with Crippen LogP contribution in [0.25, 0.3) is 0 Å². The van der Waals surface area contributed by atoms with Gasteiger partial charge in [-0.2, -0.15) is 12.2 Å². The Bertz CT molecular complexity index is 432. The van der Waals surface area contributed by atoms with Crippen LogP contribution in [0.15, 0.2) is 35.5 Å². The van der Waals surface area contributed by atoms with Gasteiger partial charge in [0.2, 0.25) is 0 Å². The maximum Gasteiger partial charge on any atom is 2.00 e. The number of rotatable bonds is 10. The average molecular weight is 492 g/mol. The number of carbonyl (C=O) groups excluding carboxylic acids is 2. The minimum absolute atomic E-state index is 0. The Labute approximate surface area is 186 Å². The summed E-state index contributed by atoms with van der Waals surface area (Å²) in [5, 5.41) is 0. The van der Waals surface area contributed by atoms with Crippen molar-refractivity contribution in [2.75, 3.05) is 0 Å². The van der Waals surface area contributed by atoms with E-state index in [2.05, 4.69) is 58.4 Å². The Morgan fingerprint density at radius 2 is 1.35 bits per heavy atom. The minimum atomic E-state index is -1.18. The van der Waals surface area contributed by atoms with E-state index in [0.29, 0.717) is 12.8 Å². The molecule has 0 unspecified atom stereocenters. The van der Waals surface area contributed by atoms with E-state index in [1.165, 1.54) is 49.7 Å². The maximum atomic E-state index is 9.46. The molecule has 6 heteroatoms. The quantitative estimate of drug-likeness (QED) is 0.212. The van der Waals surface area contributed by atoms with Crippen molar-refractivity contribution in [3.05, 3.63) is 47.6 Å². The number of nitrogens with one attached hydrogen (secondary N) is 2. The first-order chi connectivity index (χ1) is 12.3. The van der Waals surface area contributed by atoms with E-state index in [9.17, 15) is 9.59 Å². The third kappa shape index (κ3) is 18.2. The fraction of sp³-hybridized carbons (Fsp3) is 0.500. The third-order valence-electron chi connectivity index (χ3n) is 3.50. The van der Waals surface area contributed by atoms with Crippen LogP contribution < -0.4 is 8.05 Å². The number of amides is 2. The van der Waals surface area contributed by atoms with Gasteiger partial charge in [-0.25, -0.2) is 23.3 Å². The van der Waals surface area contributed by atoms with Crippen LogP contribution in [0.3, 0.4) is 0 Å². The molecule has 0 radical (unpaired) electrons. The summed E-state index contributed by atoms with van der Waals surface area (Å²) < 4.78 is 4.83. The molecule has 0 aromatic carbocycles. The Kier molecular flexibility index (Phi) is 23.9. The van der Waals surface area contributed by atoms with Crippen LogP contribution >= 0.6 is 0 Å². The number of carbonyl (C=O) groups is 2. The van der Waals surface area contributed by atoms with Crippen LogP contribution in [0.1, 0.15) is 65.2 Å². The molecular formula is C20H31GaN2O2Zr. The molecule has 0 aromatic rings. The Hall–Kier alpha value is -0.581. The molecule has 0 saturated carbocycles. The summed E-state index contributed by atoms with van der Waals surface area (Å²) >= 11 is -1.18. The summed E-state index contributed by atoms with van der Waals surface area (Å²) in [5.74, 6) is 0. The zero-order valence-electron chi connectivity index (χ0n) is 16.1. The molecule has 0 aliphatic heterocycles. The first-order valence-corrected chi connectivity index (χ1v) is 12.1. The van der Waals surface area contributed by atoms with E-state index < -0.39 is 17.9 Å². The second-order valence-corrected chi connectivity index (χ2v) is 8.10. The van der Waals surface area contributed by atoms with Crippen molar-refractivity contribution in [1.82, 2.24) is 8.05 Å². The second kappa shape index (κ2) is 22.5. The standard InChI is InChI=1S/2C9H13.2CH3NO.Ga.Zr.H/c2*1-2-3-6-9-7-4-5-8-9;2*2-1-3;;;/h2*4,7H,2-3,5-6H2,1H3;2*1H,(H2,2,3);;;/q2*-1;;;2*+2;/p-2. The molecule has 2 rings (SSSR count). The van der Waals surface area contributed by atoms with Crippen LogP contribution in [0, 0.1) is 12.2 Å². The molecule has 0 aromatic heterocycles. The summed E-state index contributed by atoms with van der Waals surface area (Å²) in [7, 11) is 0. The molecule has 2 aliphatic rings. The Balaban J connectivity index is 0. The summed E-state index contributed by atoms with van der Waals surface area (Å²) in [4.78, 5) is 18.9. The molecule has 0 bridgehead atoms. The van der Waals surface area contributed by atoms with Gasteiger partial charge in [0.05, 0.1) is 0 Å². The molecule has 0 heterocycles. The van der Waals surface area contributed by atoms with E-state index >= 15 is 0 Å². The van der Waals surface area contributed by atoms with Crippen molar-refractivity contribution in [3.63, 3.8) is 0 Å². The topological polar surface area (TPSA) is 58.2 Å². The van der Waals surface area contributed by atoms with Gasteiger partial charge in [0.15, 0.2) is 0 Å². The normalized spacial score (nSPS) is 13.0. The van der Waals surface area contributed by atoms with Crippen LogP contribution in [-0.2, 0) is 35.8 Å². The van der Waals surface area contributed by atoms with Crippen molar-refractivity contribution < 1.29 is 35.8 Å². The predicted octanol–water partition coefficient (Wildman–Crippen LogP) is 3.47. The maximum absolute atomic E-state index is 9.46. The number of allylic oxidation sites excluding steroid dienone is 8. The van der Waals surface area contributed by atoms with Crippen LogP contribution in [0.4, 0.5) is 0 Å². The average Bonchev–Trinajstić information content (AvgIpc) is 3.33. The zero-order chi connectivity index (χ0) is 18.6. The molecule has 2 N–H and O–H groups in total. The molecule has 0 fully saturated rings. The molecular weight excluding hydrogens is 461 g/mol. The Morgan fingerprint density at radius 1 is 0.923 bits per heavy atom. The fourth-order valence-corrected chi connectivity index (χ4v) is 2.72. The van der Waals surface area contributed by atoms with Crippen molar-refractivity contribution in [2.45, 2.75) is 65.2 Å². The van der Waals surface area contributed by atoms with Gasteiger partial charge in [0.25, 0.3) is 0 Å². The smallest absolute Gasteiger partial charge is 2.00 e. The van der Waals surface area contributed by atoms with Gasteiger partial charge in [-0.1, -0.05) is 52.4 Å². The van der Waals surface area contributed by atoms with Gasteiger partial charge in [0.1, 0.15) is 0 Å². The third-order valence-corrected chi connectivity index (χ3v) is 5.06. The van der Waals surface area contributed by atoms with E-state index in [4.69, 9.17) is 0 Å². The predicted molar refractivity (Wildman–Crippen MR) is 106 cm³/mol. The summed E-state index contributed by atoms with van der Waals surface area (Å²) in [6, 6.07) is 0. The van der Waals surface area contributed by atoms with Gasteiger partial charge >= 0.3 is 74.6 Å². The van der Waals surface area contributed by atoms with Crippen molar-refractivity contribution in [3.8, 4) is 0 Å². The molecule has 4 nitrogen and oxygen atoms in total. The Morgan fingerprint density at radius 3 is 1.62 bits per heavy atom. The molecule has 2 amide bonds. The molecule has 26 heavy (non-hydrogen) atoms. The van der Waals surface area contributed by atoms with Crippen LogP contribution in [-0.4, -0.2) is 30.7 Å². The van der Waals surface area contributed by atoms with E-state index in [-0.39, 0.29) is 26.2 Å². The summed E-state index contributed by atoms with van der Waals surface area (Å²) in [6.45, 7) is 4.44. The van der Waals surface area contributed by atoms with Gasteiger partial charge in [-0.05, 0) is 0 Å². The van der Waals surface area contributed by atoms with E-state index in [1.807, 2.05) is 0 Å². The fourth-order valence-electron chi connectivity index (χ4n) is 2.12. The molecule has 0 atom stereocenters. The molecule has 0 saturated heterocycles. The minimum Gasteiger partial charge on any atom is 2.00 e. The number of hydrogen-bond donors (Lipinski definition) is 2. The number of unbranched alkanes of at least 4 members (excludes halogenated alkanes) is 2. The van der Waals surface area contributed by atoms with Crippen LogP contribution in [0.5, 0.6) is 0 Å². The SMILES string of the molecule is CCCCC1=[C-]CC=C1.CCCCC1=[C-]CC=C1.O=C[NH][GaH][NH]C=O.[Zr+2]. The monoisotopic (exact) mass is 490 g/mol. The first-order valence-electron chi connectivity index (χ1n) is 9.14. The van der Waals surface area contributed by atoms with Gasteiger partial charge in [-0.3, -0.25) is 12.2 Å². The zero-order valence-corrected chi connectivity index (χ0v) is 21.6. The van der Waals surface area contributed by atoms with Gasteiger partial charge < -0.3 is 0 Å². The molecule has 0 spiro atoms. The van der Waals surface area contributed by atoms with Gasteiger partial charge in [-0.15, -0.1) is 12.8 Å². The van der Waals surface area contributed by atoms with Crippen molar-refractivity contribution in [1.29, 1.82) is 0 Å². The molecule has 2 aliphatic carbocycles. The molecule has 140 valence electrons. The van der Waals surface area contributed by atoms with Crippen LogP contribution in [0.2, 0.25) is 0 Å². The summed E-state index contributed by atoms with van der Waals surface area (Å²) in [6.07, 6.45) is 26.3. The first kappa shape index (κ1) is 27.6. The second-order valence-electron chi connectivity index (χ2n) is 5.64. The van der Waals surface area contributed by atoms with Crippen molar-refractivity contribution in [2.24, 2.45) is 0 Å². The van der Waals surface area contributed by atoms with E-state index in [0.717, 1.165) is 12.8 Å². The van der Waals surface area contributed by atoms with Gasteiger partial charge in [0, 0.05) is 0 Å². The largest absolute Gasteiger partial charge is 2.00 e.